The average Bonchev–Trinajstić information content (AvgIpc) is 2.93. The number of carbonyl (C=O) groups is 1. The smallest absolute Gasteiger partial charge is 0.342 e. The van der Waals surface area contributed by atoms with Gasteiger partial charge in [-0.2, -0.15) is 0 Å². The molecular weight excluding hydrogens is 554 g/mol. The van der Waals surface area contributed by atoms with Gasteiger partial charge in [0.2, 0.25) is 0 Å². The Bertz CT molecular complexity index is 936. The van der Waals surface area contributed by atoms with Gasteiger partial charge in [-0.15, -0.1) is 0 Å². The van der Waals surface area contributed by atoms with Crippen LogP contribution in [0.2, 0.25) is 0 Å². The monoisotopic (exact) mass is 564 g/mol. The number of carboxylic acids is 1. The van der Waals surface area contributed by atoms with Gasteiger partial charge in [0.25, 0.3) is 0 Å². The summed E-state index contributed by atoms with van der Waals surface area (Å²) < 4.78 is 1.59. The lowest BCUT2D eigenvalue weighted by Crippen LogP contribution is -1.97. The molecule has 3 rings (SSSR count). The normalized spacial score (nSPS) is 11.8. The fraction of sp³-hybridized carbons (Fsp3) is 0. The molecular formula is C16H10I2N2O3S. The second-order valence-electron chi connectivity index (χ2n) is 4.80. The maximum absolute atomic E-state index is 11.6. The summed E-state index contributed by atoms with van der Waals surface area (Å²) in [5.41, 5.74) is 2.08. The van der Waals surface area contributed by atoms with Gasteiger partial charge in [0.15, 0.2) is 5.16 Å². The minimum absolute atomic E-state index is 0.0694. The molecule has 0 radical (unpaired) electrons. The third-order valence-electron chi connectivity index (χ3n) is 3.13. The van der Waals surface area contributed by atoms with E-state index in [-0.39, 0.29) is 10.7 Å². The molecule has 0 saturated carbocycles. The molecule has 0 amide bonds. The van der Waals surface area contributed by atoms with Gasteiger partial charge in [0.05, 0.1) is 14.6 Å². The third-order valence-corrected chi connectivity index (χ3v) is 5.47. The Labute approximate surface area is 168 Å². The van der Waals surface area contributed by atoms with Crippen molar-refractivity contribution in [3.8, 4) is 5.75 Å². The number of nitrogens with one attached hydrogen (secondary N) is 1. The Morgan fingerprint density at radius 2 is 2.00 bits per heavy atom. The van der Waals surface area contributed by atoms with Crippen molar-refractivity contribution in [3.63, 3.8) is 0 Å². The molecule has 0 atom stereocenters. The summed E-state index contributed by atoms with van der Waals surface area (Å²) in [4.78, 5) is 19.1. The number of para-hydroxylation sites is 2. The molecule has 3 N–H and O–H groups in total. The fourth-order valence-electron chi connectivity index (χ4n) is 2.05. The lowest BCUT2D eigenvalue weighted by Gasteiger charge is -2.05. The van der Waals surface area contributed by atoms with E-state index in [2.05, 4.69) is 32.6 Å². The Balaban J connectivity index is 1.99. The molecule has 5 nitrogen and oxygen atoms in total. The quantitative estimate of drug-likeness (QED) is 0.243. The average molecular weight is 564 g/mol. The molecule has 8 heteroatoms. The molecule has 0 aliphatic heterocycles. The first-order chi connectivity index (χ1) is 11.4. The molecule has 122 valence electrons. The molecule has 0 spiro atoms. The number of imidazole rings is 1. The van der Waals surface area contributed by atoms with Crippen molar-refractivity contribution in [2.24, 2.45) is 0 Å². The molecule has 0 unspecified atom stereocenters. The second-order valence-corrected chi connectivity index (χ2v) is 8.24. The second kappa shape index (κ2) is 7.31. The first kappa shape index (κ1) is 17.5. The molecule has 0 saturated heterocycles. The molecule has 0 aliphatic rings. The molecule has 0 aliphatic carbocycles. The number of H-pyrrole nitrogens is 1. The van der Waals surface area contributed by atoms with Crippen molar-refractivity contribution < 1.29 is 15.0 Å². The van der Waals surface area contributed by atoms with Gasteiger partial charge in [-0.25, -0.2) is 9.78 Å². The number of hydrogen-bond donors (Lipinski definition) is 3. The standard InChI is InChI=1S/C16H10I2N2O3S/c17-9-5-8(14(21)10(18)7-9)6-13(15(22)23)24-16-19-11-3-1-2-4-12(11)20-16/h1-7,21H,(H,19,20)(H,22,23)/b13-6-. The molecule has 3 aromatic rings. The predicted octanol–water partition coefficient (Wildman–Crippen LogP) is 4.70. The Morgan fingerprint density at radius 3 is 2.71 bits per heavy atom. The number of thioether (sulfide) groups is 1. The Hall–Kier alpha value is -1.27. The lowest BCUT2D eigenvalue weighted by molar-refractivity contribution is -0.131. The largest absolute Gasteiger partial charge is 0.506 e. The Kier molecular flexibility index (Phi) is 5.35. The third kappa shape index (κ3) is 3.86. The predicted molar refractivity (Wildman–Crippen MR) is 111 cm³/mol. The van der Waals surface area contributed by atoms with Crippen molar-refractivity contribution in [2.75, 3.05) is 0 Å². The number of aromatic hydroxyl groups is 1. The van der Waals surface area contributed by atoms with Crippen LogP contribution in [0, 0.1) is 7.14 Å². The number of halogens is 2. The number of fused-ring (bicyclic) bond motifs is 1. The topological polar surface area (TPSA) is 86.2 Å². The highest BCUT2D eigenvalue weighted by atomic mass is 127. The maximum atomic E-state index is 11.6. The van der Waals surface area contributed by atoms with Crippen LogP contribution in [0.15, 0.2) is 46.5 Å². The van der Waals surface area contributed by atoms with E-state index in [9.17, 15) is 15.0 Å². The van der Waals surface area contributed by atoms with Crippen LogP contribution < -0.4 is 0 Å². The zero-order valence-electron chi connectivity index (χ0n) is 12.0. The molecule has 24 heavy (non-hydrogen) atoms. The summed E-state index contributed by atoms with van der Waals surface area (Å²) in [5.74, 6) is -1.01. The highest BCUT2D eigenvalue weighted by Gasteiger charge is 2.15. The number of rotatable bonds is 4. The zero-order valence-corrected chi connectivity index (χ0v) is 17.1. The minimum Gasteiger partial charge on any atom is -0.506 e. The molecule has 0 bridgehead atoms. The van der Waals surface area contributed by atoms with Crippen LogP contribution in [0.25, 0.3) is 17.1 Å². The number of hydrogen-bond acceptors (Lipinski definition) is 4. The maximum Gasteiger partial charge on any atom is 0.342 e. The van der Waals surface area contributed by atoms with Crippen molar-refractivity contribution in [1.82, 2.24) is 9.97 Å². The van der Waals surface area contributed by atoms with Gasteiger partial charge in [-0.3, -0.25) is 0 Å². The summed E-state index contributed by atoms with van der Waals surface area (Å²) in [7, 11) is 0. The summed E-state index contributed by atoms with van der Waals surface area (Å²) >= 11 is 5.16. The number of aromatic nitrogens is 2. The molecule has 1 aromatic heterocycles. The number of nitrogens with zero attached hydrogens (tertiary/aromatic N) is 1. The van der Waals surface area contributed by atoms with Crippen LogP contribution in [0.4, 0.5) is 0 Å². The van der Waals surface area contributed by atoms with E-state index in [0.717, 1.165) is 26.4 Å². The molecule has 1 heterocycles. The van der Waals surface area contributed by atoms with E-state index >= 15 is 0 Å². The zero-order chi connectivity index (χ0) is 17.3. The highest BCUT2D eigenvalue weighted by molar-refractivity contribution is 14.1. The fourth-order valence-corrected chi connectivity index (χ4v) is 4.73. The van der Waals surface area contributed by atoms with Gasteiger partial charge in [-0.05, 0) is 87.3 Å². The SMILES string of the molecule is O=C(O)/C(=C/c1cc(I)cc(I)c1O)Sc1nc2ccccc2[nH]1. The van der Waals surface area contributed by atoms with E-state index in [4.69, 9.17) is 0 Å². The van der Waals surface area contributed by atoms with Crippen LogP contribution in [-0.2, 0) is 4.79 Å². The van der Waals surface area contributed by atoms with E-state index in [1.165, 1.54) is 6.08 Å². The summed E-state index contributed by atoms with van der Waals surface area (Å²) in [6, 6.07) is 11.0. The number of phenolic OH excluding ortho intramolecular Hbond substituents is 1. The van der Waals surface area contributed by atoms with Crippen LogP contribution in [0.1, 0.15) is 5.56 Å². The number of benzene rings is 2. The van der Waals surface area contributed by atoms with Gasteiger partial charge < -0.3 is 15.2 Å². The van der Waals surface area contributed by atoms with Crippen LogP contribution in [-0.4, -0.2) is 26.2 Å². The van der Waals surface area contributed by atoms with E-state index in [0.29, 0.717) is 14.3 Å². The van der Waals surface area contributed by atoms with Crippen molar-refractivity contribution in [2.45, 2.75) is 5.16 Å². The van der Waals surface area contributed by atoms with Crippen LogP contribution in [0.5, 0.6) is 5.75 Å². The van der Waals surface area contributed by atoms with Gasteiger partial charge in [0.1, 0.15) is 10.7 Å². The number of phenols is 1. The summed E-state index contributed by atoms with van der Waals surface area (Å²) in [5, 5.41) is 20.1. The summed E-state index contributed by atoms with van der Waals surface area (Å²) in [6.07, 6.45) is 1.46. The van der Waals surface area contributed by atoms with Gasteiger partial charge in [-0.1, -0.05) is 12.1 Å². The van der Waals surface area contributed by atoms with E-state index in [1.807, 2.05) is 52.9 Å². The molecule has 2 aromatic carbocycles. The first-order valence-corrected chi connectivity index (χ1v) is 9.67. The van der Waals surface area contributed by atoms with Crippen molar-refractivity contribution in [1.29, 1.82) is 0 Å². The van der Waals surface area contributed by atoms with Gasteiger partial charge >= 0.3 is 5.97 Å². The van der Waals surface area contributed by atoms with E-state index in [1.54, 1.807) is 6.07 Å². The minimum atomic E-state index is -1.08. The lowest BCUT2D eigenvalue weighted by atomic mass is 10.2. The molecule has 0 fully saturated rings. The number of aliphatic carboxylic acids is 1. The first-order valence-electron chi connectivity index (χ1n) is 6.69. The number of carboxylic acid groups (broad SMARTS) is 1. The van der Waals surface area contributed by atoms with E-state index < -0.39 is 5.97 Å². The van der Waals surface area contributed by atoms with Gasteiger partial charge in [0, 0.05) is 9.13 Å². The van der Waals surface area contributed by atoms with Crippen molar-refractivity contribution in [3.05, 3.63) is 54.0 Å². The van der Waals surface area contributed by atoms with Crippen molar-refractivity contribution >= 4 is 80.0 Å². The summed E-state index contributed by atoms with van der Waals surface area (Å²) in [6.45, 7) is 0. The Morgan fingerprint density at radius 1 is 1.25 bits per heavy atom. The van der Waals surface area contributed by atoms with Crippen LogP contribution >= 0.6 is 56.9 Å². The highest BCUT2D eigenvalue weighted by Crippen LogP contribution is 2.33. The number of aromatic amines is 1. The van der Waals surface area contributed by atoms with Crippen LogP contribution in [0.3, 0.4) is 0 Å².